The van der Waals surface area contributed by atoms with Gasteiger partial charge in [0.05, 0.1) is 6.04 Å². The highest BCUT2D eigenvalue weighted by atomic mass is 32.2. The number of amides is 1. The maximum atomic E-state index is 12.5. The molecular formula is C12H14N4OS2. The van der Waals surface area contributed by atoms with Gasteiger partial charge in [-0.05, 0) is 13.0 Å². The number of thioether (sulfide) groups is 1. The Kier molecular flexibility index (Phi) is 3.56. The number of aromatic amines is 1. The summed E-state index contributed by atoms with van der Waals surface area (Å²) in [4.78, 5) is 18.8. The lowest BCUT2D eigenvalue weighted by atomic mass is 10.2. The number of nitrogens with one attached hydrogen (secondary N) is 1. The third-order valence-corrected chi connectivity index (χ3v) is 4.95. The van der Waals surface area contributed by atoms with Crippen LogP contribution in [0.5, 0.6) is 0 Å². The molecule has 3 heterocycles. The predicted molar refractivity (Wildman–Crippen MR) is 76.5 cm³/mol. The van der Waals surface area contributed by atoms with Crippen LogP contribution >= 0.6 is 23.1 Å². The van der Waals surface area contributed by atoms with Gasteiger partial charge >= 0.3 is 0 Å². The highest BCUT2D eigenvalue weighted by molar-refractivity contribution is 7.99. The van der Waals surface area contributed by atoms with Crippen molar-refractivity contribution in [1.29, 1.82) is 0 Å². The van der Waals surface area contributed by atoms with E-state index in [1.165, 1.54) is 0 Å². The summed E-state index contributed by atoms with van der Waals surface area (Å²) >= 11 is 3.47. The molecule has 1 saturated heterocycles. The summed E-state index contributed by atoms with van der Waals surface area (Å²) in [6, 6.07) is 1.87. The summed E-state index contributed by atoms with van der Waals surface area (Å²) < 4.78 is 0. The Morgan fingerprint density at radius 2 is 2.47 bits per heavy atom. The molecule has 0 radical (unpaired) electrons. The van der Waals surface area contributed by atoms with Crippen molar-refractivity contribution in [3.05, 3.63) is 34.0 Å². The number of hydrogen-bond donors (Lipinski definition) is 1. The van der Waals surface area contributed by atoms with Gasteiger partial charge in [0.1, 0.15) is 10.7 Å². The molecule has 2 aromatic rings. The van der Waals surface area contributed by atoms with Crippen LogP contribution in [0.3, 0.4) is 0 Å². The van der Waals surface area contributed by atoms with Crippen molar-refractivity contribution in [2.75, 3.05) is 18.1 Å². The standard InChI is InChI=1S/C12H14N4OS2/c1-8-6-9(15-14-8)12(17)16-3-5-18-7-10(16)11-13-2-4-19-11/h2,4,6,10H,3,5,7H2,1H3,(H,14,15)/t10-/m1/s1. The molecule has 7 heteroatoms. The van der Waals surface area contributed by atoms with E-state index in [1.54, 1.807) is 23.6 Å². The molecule has 0 saturated carbocycles. The Hall–Kier alpha value is -1.34. The van der Waals surface area contributed by atoms with Crippen LogP contribution in [-0.2, 0) is 0 Å². The van der Waals surface area contributed by atoms with Crippen molar-refractivity contribution >= 4 is 29.0 Å². The lowest BCUT2D eigenvalue weighted by molar-refractivity contribution is 0.0695. The Morgan fingerprint density at radius 3 is 3.16 bits per heavy atom. The van der Waals surface area contributed by atoms with E-state index in [-0.39, 0.29) is 11.9 Å². The number of hydrogen-bond acceptors (Lipinski definition) is 5. The van der Waals surface area contributed by atoms with E-state index in [0.29, 0.717) is 5.69 Å². The molecule has 0 spiro atoms. The lowest BCUT2D eigenvalue weighted by Crippen LogP contribution is -2.40. The molecule has 3 rings (SSSR count). The van der Waals surface area contributed by atoms with E-state index in [1.807, 2.05) is 29.0 Å². The predicted octanol–water partition coefficient (Wildman–Crippen LogP) is 2.10. The highest BCUT2D eigenvalue weighted by Gasteiger charge is 2.31. The largest absolute Gasteiger partial charge is 0.326 e. The number of nitrogens with zero attached hydrogens (tertiary/aromatic N) is 3. The summed E-state index contributed by atoms with van der Waals surface area (Å²) in [7, 11) is 0. The fourth-order valence-corrected chi connectivity index (χ4v) is 4.03. The SMILES string of the molecule is Cc1cc(C(=O)N2CCSC[C@@H]2c2nccs2)n[nH]1. The normalized spacial score (nSPS) is 19.6. The second kappa shape index (κ2) is 5.34. The lowest BCUT2D eigenvalue weighted by Gasteiger charge is -2.33. The molecule has 0 bridgehead atoms. The number of rotatable bonds is 2. The molecule has 1 fully saturated rings. The molecular weight excluding hydrogens is 280 g/mol. The van der Waals surface area contributed by atoms with Gasteiger partial charge in [-0.3, -0.25) is 9.89 Å². The summed E-state index contributed by atoms with van der Waals surface area (Å²) in [5, 5.41) is 9.85. The van der Waals surface area contributed by atoms with Gasteiger partial charge in [0, 0.05) is 35.3 Å². The van der Waals surface area contributed by atoms with Crippen molar-refractivity contribution in [3.8, 4) is 0 Å². The minimum absolute atomic E-state index is 0.00940. The van der Waals surface area contributed by atoms with Gasteiger partial charge in [-0.25, -0.2) is 4.98 Å². The number of aryl methyl sites for hydroxylation is 1. The Bertz CT molecular complexity index is 566. The molecule has 5 nitrogen and oxygen atoms in total. The van der Waals surface area contributed by atoms with Gasteiger partial charge in [0.2, 0.25) is 0 Å². The van der Waals surface area contributed by atoms with Crippen molar-refractivity contribution in [2.45, 2.75) is 13.0 Å². The first-order valence-electron chi connectivity index (χ1n) is 6.06. The van der Waals surface area contributed by atoms with E-state index in [0.717, 1.165) is 28.8 Å². The zero-order valence-electron chi connectivity index (χ0n) is 10.5. The Balaban J connectivity index is 1.86. The molecule has 19 heavy (non-hydrogen) atoms. The molecule has 0 aliphatic carbocycles. The molecule has 100 valence electrons. The van der Waals surface area contributed by atoms with Crippen LogP contribution in [0.25, 0.3) is 0 Å². The van der Waals surface area contributed by atoms with Crippen LogP contribution in [0, 0.1) is 6.92 Å². The summed E-state index contributed by atoms with van der Waals surface area (Å²) in [5.41, 5.74) is 1.39. The first kappa shape index (κ1) is 12.7. The molecule has 1 amide bonds. The molecule has 1 atom stereocenters. The molecule has 0 aromatic carbocycles. The summed E-state index contributed by atoms with van der Waals surface area (Å²) in [6.07, 6.45) is 1.79. The van der Waals surface area contributed by atoms with E-state index >= 15 is 0 Å². The zero-order valence-corrected chi connectivity index (χ0v) is 12.1. The molecule has 0 unspecified atom stereocenters. The number of thiazole rings is 1. The van der Waals surface area contributed by atoms with Gasteiger partial charge in [0.25, 0.3) is 5.91 Å². The van der Waals surface area contributed by atoms with E-state index in [4.69, 9.17) is 0 Å². The van der Waals surface area contributed by atoms with Crippen LogP contribution in [-0.4, -0.2) is 44.0 Å². The minimum atomic E-state index is -0.00940. The van der Waals surface area contributed by atoms with Gasteiger partial charge in [-0.2, -0.15) is 16.9 Å². The highest BCUT2D eigenvalue weighted by Crippen LogP contribution is 2.31. The van der Waals surface area contributed by atoms with Gasteiger partial charge in [0.15, 0.2) is 0 Å². The number of carbonyl (C=O) groups excluding carboxylic acids is 1. The number of aromatic nitrogens is 3. The van der Waals surface area contributed by atoms with Crippen LogP contribution in [0.15, 0.2) is 17.6 Å². The van der Waals surface area contributed by atoms with Crippen molar-refractivity contribution in [3.63, 3.8) is 0 Å². The average molecular weight is 294 g/mol. The first-order chi connectivity index (χ1) is 9.25. The maximum absolute atomic E-state index is 12.5. The first-order valence-corrected chi connectivity index (χ1v) is 8.09. The third kappa shape index (κ3) is 2.52. The monoisotopic (exact) mass is 294 g/mol. The van der Waals surface area contributed by atoms with Crippen molar-refractivity contribution in [1.82, 2.24) is 20.1 Å². The second-order valence-corrected chi connectivity index (χ2v) is 6.47. The third-order valence-electron chi connectivity index (χ3n) is 3.05. The Labute approximate surface area is 119 Å². The van der Waals surface area contributed by atoms with E-state index < -0.39 is 0 Å². The molecule has 1 aliphatic heterocycles. The van der Waals surface area contributed by atoms with Crippen LogP contribution in [0.4, 0.5) is 0 Å². The summed E-state index contributed by atoms with van der Waals surface area (Å²) in [6.45, 7) is 2.65. The molecule has 1 N–H and O–H groups in total. The smallest absolute Gasteiger partial charge is 0.275 e. The Morgan fingerprint density at radius 1 is 1.58 bits per heavy atom. The summed E-state index contributed by atoms with van der Waals surface area (Å²) in [5.74, 6) is 1.87. The maximum Gasteiger partial charge on any atom is 0.275 e. The second-order valence-electron chi connectivity index (χ2n) is 4.40. The van der Waals surface area contributed by atoms with E-state index in [9.17, 15) is 4.79 Å². The topological polar surface area (TPSA) is 61.9 Å². The van der Waals surface area contributed by atoms with Gasteiger partial charge in [-0.15, -0.1) is 11.3 Å². The fourth-order valence-electron chi connectivity index (χ4n) is 2.13. The minimum Gasteiger partial charge on any atom is -0.326 e. The van der Waals surface area contributed by atoms with Crippen molar-refractivity contribution < 1.29 is 4.79 Å². The number of H-pyrrole nitrogens is 1. The fraction of sp³-hybridized carbons (Fsp3) is 0.417. The van der Waals surface area contributed by atoms with Gasteiger partial charge < -0.3 is 4.90 Å². The zero-order chi connectivity index (χ0) is 13.2. The van der Waals surface area contributed by atoms with Crippen LogP contribution < -0.4 is 0 Å². The quantitative estimate of drug-likeness (QED) is 0.921. The average Bonchev–Trinajstić information content (AvgIpc) is 3.09. The van der Waals surface area contributed by atoms with Crippen LogP contribution in [0.2, 0.25) is 0 Å². The molecule has 2 aromatic heterocycles. The van der Waals surface area contributed by atoms with Crippen molar-refractivity contribution in [2.24, 2.45) is 0 Å². The number of carbonyl (C=O) groups is 1. The molecule has 1 aliphatic rings. The van der Waals surface area contributed by atoms with Gasteiger partial charge in [-0.1, -0.05) is 0 Å². The van der Waals surface area contributed by atoms with E-state index in [2.05, 4.69) is 15.2 Å². The van der Waals surface area contributed by atoms with Crippen LogP contribution in [0.1, 0.15) is 27.2 Å².